The maximum absolute atomic E-state index is 12.6. The summed E-state index contributed by atoms with van der Waals surface area (Å²) in [5.74, 6) is -0.0720. The number of thiophene rings is 1. The molecule has 4 rings (SSSR count). The first-order valence-corrected chi connectivity index (χ1v) is 10.00. The number of aryl methyl sites for hydroxylation is 2. The lowest BCUT2D eigenvalue weighted by Crippen LogP contribution is -2.31. The topological polar surface area (TPSA) is 53.4 Å². The number of benzene rings is 1. The number of hydrogen-bond acceptors (Lipinski definition) is 5. The van der Waals surface area contributed by atoms with Crippen molar-refractivity contribution in [1.82, 2.24) is 14.7 Å². The van der Waals surface area contributed by atoms with Crippen LogP contribution < -0.4 is 10.2 Å². The van der Waals surface area contributed by atoms with Gasteiger partial charge in [0.1, 0.15) is 4.83 Å². The zero-order chi connectivity index (χ0) is 19.1. The average Bonchev–Trinajstić information content (AvgIpc) is 3.34. The fourth-order valence-electron chi connectivity index (χ4n) is 3.66. The van der Waals surface area contributed by atoms with E-state index in [2.05, 4.69) is 46.4 Å². The van der Waals surface area contributed by atoms with E-state index in [1.807, 2.05) is 36.9 Å². The van der Waals surface area contributed by atoms with Crippen molar-refractivity contribution < 1.29 is 4.79 Å². The molecule has 1 unspecified atom stereocenters. The van der Waals surface area contributed by atoms with Crippen LogP contribution in [-0.2, 0) is 7.05 Å². The molecule has 3 heterocycles. The van der Waals surface area contributed by atoms with Gasteiger partial charge < -0.3 is 15.1 Å². The number of rotatable bonds is 4. The van der Waals surface area contributed by atoms with E-state index in [1.54, 1.807) is 0 Å². The van der Waals surface area contributed by atoms with Crippen molar-refractivity contribution in [1.29, 1.82) is 0 Å². The number of nitrogens with one attached hydrogen (secondary N) is 1. The van der Waals surface area contributed by atoms with E-state index in [1.165, 1.54) is 23.4 Å². The highest BCUT2D eigenvalue weighted by atomic mass is 32.1. The largest absolute Gasteiger partial charge is 0.370 e. The van der Waals surface area contributed by atoms with Crippen LogP contribution >= 0.6 is 11.3 Å². The molecule has 6 nitrogen and oxygen atoms in total. The van der Waals surface area contributed by atoms with E-state index in [-0.39, 0.29) is 5.91 Å². The Balaban J connectivity index is 1.44. The quantitative estimate of drug-likeness (QED) is 0.751. The molecule has 27 heavy (non-hydrogen) atoms. The second kappa shape index (κ2) is 6.98. The molecule has 3 aromatic rings. The average molecular weight is 384 g/mol. The molecule has 2 aromatic heterocycles. The summed E-state index contributed by atoms with van der Waals surface area (Å²) >= 11 is 1.47. The van der Waals surface area contributed by atoms with Crippen LogP contribution in [0.4, 0.5) is 11.4 Å². The number of aromatic nitrogens is 2. The molecule has 1 saturated heterocycles. The van der Waals surface area contributed by atoms with E-state index in [4.69, 9.17) is 0 Å². The van der Waals surface area contributed by atoms with Crippen LogP contribution in [0, 0.1) is 6.92 Å². The van der Waals surface area contributed by atoms with Gasteiger partial charge in [0, 0.05) is 42.9 Å². The predicted octanol–water partition coefficient (Wildman–Crippen LogP) is 3.34. The fourth-order valence-corrected chi connectivity index (χ4v) is 4.68. The Labute approximate surface area is 163 Å². The molecule has 0 spiro atoms. The van der Waals surface area contributed by atoms with Crippen molar-refractivity contribution in [2.75, 3.05) is 37.4 Å². The number of carbonyl (C=O) groups excluding carboxylic acids is 1. The predicted molar refractivity (Wildman–Crippen MR) is 112 cm³/mol. The molecule has 0 saturated carbocycles. The maximum Gasteiger partial charge on any atom is 0.265 e. The second-order valence-corrected chi connectivity index (χ2v) is 8.42. The Morgan fingerprint density at radius 3 is 2.67 bits per heavy atom. The van der Waals surface area contributed by atoms with Gasteiger partial charge in [-0.05, 0) is 57.8 Å². The molecule has 1 N–H and O–H groups in total. The van der Waals surface area contributed by atoms with E-state index < -0.39 is 0 Å². The third-order valence-corrected chi connectivity index (χ3v) is 6.50. The number of hydrogen-bond donors (Lipinski definition) is 1. The minimum atomic E-state index is -0.0720. The first kappa shape index (κ1) is 18.0. The van der Waals surface area contributed by atoms with Crippen molar-refractivity contribution in [3.8, 4) is 0 Å². The smallest absolute Gasteiger partial charge is 0.265 e. The number of anilines is 2. The van der Waals surface area contributed by atoms with Crippen molar-refractivity contribution in [2.45, 2.75) is 19.4 Å². The van der Waals surface area contributed by atoms with Crippen LogP contribution in [0.5, 0.6) is 0 Å². The number of fused-ring (bicyclic) bond motifs is 1. The van der Waals surface area contributed by atoms with Gasteiger partial charge in [-0.15, -0.1) is 11.3 Å². The first-order valence-electron chi connectivity index (χ1n) is 9.18. The summed E-state index contributed by atoms with van der Waals surface area (Å²) in [5, 5.41) is 8.44. The summed E-state index contributed by atoms with van der Waals surface area (Å²) in [5.41, 5.74) is 2.98. The summed E-state index contributed by atoms with van der Waals surface area (Å²) in [6.45, 7) is 4.09. The normalized spacial score (nSPS) is 17.2. The fraction of sp³-hybridized carbons (Fsp3) is 0.400. The van der Waals surface area contributed by atoms with Crippen molar-refractivity contribution in [2.24, 2.45) is 7.05 Å². The monoisotopic (exact) mass is 383 g/mol. The summed E-state index contributed by atoms with van der Waals surface area (Å²) in [7, 11) is 6.18. The van der Waals surface area contributed by atoms with Gasteiger partial charge >= 0.3 is 0 Å². The molecule has 1 aliphatic heterocycles. The van der Waals surface area contributed by atoms with Gasteiger partial charge in [0.25, 0.3) is 5.91 Å². The number of nitrogens with zero attached hydrogens (tertiary/aromatic N) is 4. The van der Waals surface area contributed by atoms with Gasteiger partial charge in [-0.3, -0.25) is 9.48 Å². The van der Waals surface area contributed by atoms with Gasteiger partial charge in [0.2, 0.25) is 0 Å². The Kier molecular flexibility index (Phi) is 4.65. The lowest BCUT2D eigenvalue weighted by Gasteiger charge is -2.22. The summed E-state index contributed by atoms with van der Waals surface area (Å²) in [6, 6.07) is 10.7. The van der Waals surface area contributed by atoms with Crippen LogP contribution in [-0.4, -0.2) is 53.8 Å². The van der Waals surface area contributed by atoms with Gasteiger partial charge in [-0.25, -0.2) is 0 Å². The minimum absolute atomic E-state index is 0.0720. The minimum Gasteiger partial charge on any atom is -0.370 e. The molecule has 1 aliphatic rings. The highest BCUT2D eigenvalue weighted by Crippen LogP contribution is 2.29. The highest BCUT2D eigenvalue weighted by Gasteiger charge is 2.24. The number of carbonyl (C=O) groups is 1. The van der Waals surface area contributed by atoms with Gasteiger partial charge in [0.15, 0.2) is 0 Å². The Morgan fingerprint density at radius 2 is 2.04 bits per heavy atom. The lowest BCUT2D eigenvalue weighted by molar-refractivity contribution is 0.103. The summed E-state index contributed by atoms with van der Waals surface area (Å²) in [6.07, 6.45) is 1.19. The third kappa shape index (κ3) is 3.44. The van der Waals surface area contributed by atoms with Crippen LogP contribution in [0.1, 0.15) is 21.8 Å². The maximum atomic E-state index is 12.6. The van der Waals surface area contributed by atoms with Crippen molar-refractivity contribution >= 4 is 38.8 Å². The Hall–Kier alpha value is -2.38. The van der Waals surface area contributed by atoms with Gasteiger partial charge in [-0.2, -0.15) is 5.10 Å². The van der Waals surface area contributed by atoms with Crippen LogP contribution in [0.2, 0.25) is 0 Å². The first-order chi connectivity index (χ1) is 12.9. The molecule has 1 atom stereocenters. The zero-order valence-electron chi connectivity index (χ0n) is 16.2. The highest BCUT2D eigenvalue weighted by molar-refractivity contribution is 7.20. The SMILES string of the molecule is Cc1nn(C)c2sc(C(=O)Nc3ccc(N4CCC(N(C)C)C4)cc3)cc12. The van der Waals surface area contributed by atoms with E-state index >= 15 is 0 Å². The molecule has 0 bridgehead atoms. The Morgan fingerprint density at radius 1 is 1.30 bits per heavy atom. The molecule has 7 heteroatoms. The standard InChI is InChI=1S/C20H25N5OS/c1-13-17-11-18(27-20(17)24(4)22-13)19(26)21-14-5-7-15(8-6-14)25-10-9-16(12-25)23(2)3/h5-8,11,16H,9-10,12H2,1-4H3,(H,21,26). The van der Waals surface area contributed by atoms with Crippen LogP contribution in [0.25, 0.3) is 10.2 Å². The molecule has 142 valence electrons. The molecule has 0 radical (unpaired) electrons. The van der Waals surface area contributed by atoms with Crippen molar-refractivity contribution in [3.63, 3.8) is 0 Å². The van der Waals surface area contributed by atoms with Gasteiger partial charge in [0.05, 0.1) is 10.6 Å². The number of likely N-dealkylation sites (N-methyl/N-ethyl adjacent to an activating group) is 1. The second-order valence-electron chi connectivity index (χ2n) is 7.39. The van der Waals surface area contributed by atoms with Crippen molar-refractivity contribution in [3.05, 3.63) is 40.9 Å². The van der Waals surface area contributed by atoms with Crippen LogP contribution in [0.3, 0.4) is 0 Å². The van der Waals surface area contributed by atoms with Gasteiger partial charge in [-0.1, -0.05) is 0 Å². The molecular formula is C20H25N5OS. The molecule has 1 fully saturated rings. The Bertz CT molecular complexity index is 938. The number of amides is 1. The molecule has 1 amide bonds. The summed E-state index contributed by atoms with van der Waals surface area (Å²) < 4.78 is 1.83. The summed E-state index contributed by atoms with van der Waals surface area (Å²) in [4.78, 5) is 19.0. The van der Waals surface area contributed by atoms with E-state index in [9.17, 15) is 4.79 Å². The lowest BCUT2D eigenvalue weighted by atomic mass is 10.2. The molecular weight excluding hydrogens is 358 g/mol. The molecule has 0 aliphatic carbocycles. The van der Waals surface area contributed by atoms with E-state index in [0.29, 0.717) is 10.9 Å². The zero-order valence-corrected chi connectivity index (χ0v) is 17.0. The third-order valence-electron chi connectivity index (χ3n) is 5.30. The molecule has 1 aromatic carbocycles. The van der Waals surface area contributed by atoms with Crippen LogP contribution in [0.15, 0.2) is 30.3 Å². The van der Waals surface area contributed by atoms with E-state index in [0.717, 1.165) is 34.7 Å².